The summed E-state index contributed by atoms with van der Waals surface area (Å²) in [6, 6.07) is 10.1. The van der Waals surface area contributed by atoms with E-state index in [2.05, 4.69) is 15.0 Å². The molecule has 0 atom stereocenters. The predicted molar refractivity (Wildman–Crippen MR) is 103 cm³/mol. The van der Waals surface area contributed by atoms with Gasteiger partial charge >= 0.3 is 6.18 Å². The molecule has 0 N–H and O–H groups in total. The molecule has 0 unspecified atom stereocenters. The molecule has 1 aromatic carbocycles. The van der Waals surface area contributed by atoms with Gasteiger partial charge in [0.25, 0.3) is 11.8 Å². The topological polar surface area (TPSA) is 76.1 Å². The number of benzene rings is 1. The number of pyridine rings is 1. The van der Waals surface area contributed by atoms with Gasteiger partial charge in [-0.15, -0.1) is 0 Å². The zero-order chi connectivity index (χ0) is 21.8. The van der Waals surface area contributed by atoms with Crippen LogP contribution in [-0.2, 0) is 12.7 Å². The van der Waals surface area contributed by atoms with Crippen LogP contribution >= 0.6 is 0 Å². The Balaban J connectivity index is 1.48. The summed E-state index contributed by atoms with van der Waals surface area (Å²) in [5.41, 5.74) is 2.91. The van der Waals surface area contributed by atoms with Crippen molar-refractivity contribution in [2.45, 2.75) is 31.5 Å². The van der Waals surface area contributed by atoms with E-state index >= 15 is 0 Å². The number of carbonyl (C=O) groups excluding carboxylic acids is 2. The van der Waals surface area contributed by atoms with E-state index in [1.807, 2.05) is 6.07 Å². The number of fused-ring (bicyclic) bond motifs is 1. The Bertz CT molecular complexity index is 1170. The first kappa shape index (κ1) is 19.3. The Morgan fingerprint density at radius 3 is 2.13 bits per heavy atom. The molecular weight excluding hydrogens is 409 g/mol. The van der Waals surface area contributed by atoms with Crippen molar-refractivity contribution in [3.63, 3.8) is 0 Å². The second kappa shape index (κ2) is 6.97. The van der Waals surface area contributed by atoms with Gasteiger partial charge in [-0.2, -0.15) is 13.2 Å². The van der Waals surface area contributed by atoms with E-state index in [-0.39, 0.29) is 24.3 Å². The summed E-state index contributed by atoms with van der Waals surface area (Å²) in [6.45, 7) is 0.0447. The van der Waals surface area contributed by atoms with Gasteiger partial charge in [-0.05, 0) is 42.7 Å². The SMILES string of the molecule is O=C1c2ccccc2C(=O)N1Cc1cc(-c2cnc(C(F)(F)F)nc2)nc(C2CC2)c1. The van der Waals surface area contributed by atoms with Gasteiger partial charge in [0.05, 0.1) is 23.4 Å². The molecule has 6 nitrogen and oxygen atoms in total. The minimum atomic E-state index is -4.63. The molecule has 31 heavy (non-hydrogen) atoms. The van der Waals surface area contributed by atoms with Crippen LogP contribution < -0.4 is 0 Å². The Labute approximate surface area is 174 Å². The van der Waals surface area contributed by atoms with Gasteiger partial charge in [0.15, 0.2) is 0 Å². The summed E-state index contributed by atoms with van der Waals surface area (Å²) in [5, 5.41) is 0. The van der Waals surface area contributed by atoms with Gasteiger partial charge in [0, 0.05) is 29.6 Å². The molecule has 3 aromatic rings. The van der Waals surface area contributed by atoms with E-state index in [0.717, 1.165) is 30.9 Å². The number of amides is 2. The summed E-state index contributed by atoms with van der Waals surface area (Å²) in [5.74, 6) is -1.70. The van der Waals surface area contributed by atoms with Crippen molar-refractivity contribution in [2.24, 2.45) is 0 Å². The number of nitrogens with zero attached hydrogens (tertiary/aromatic N) is 4. The van der Waals surface area contributed by atoms with E-state index in [0.29, 0.717) is 27.9 Å². The summed E-state index contributed by atoms with van der Waals surface area (Å²) in [6.07, 6.45) is -0.529. The number of hydrogen-bond acceptors (Lipinski definition) is 5. The van der Waals surface area contributed by atoms with E-state index in [4.69, 9.17) is 0 Å². The van der Waals surface area contributed by atoms with Crippen LogP contribution in [0.2, 0.25) is 0 Å². The second-order valence-electron chi connectivity index (χ2n) is 7.59. The molecule has 156 valence electrons. The molecule has 3 heterocycles. The maximum atomic E-state index is 12.8. The highest BCUT2D eigenvalue weighted by Gasteiger charge is 2.36. The monoisotopic (exact) mass is 424 g/mol. The molecule has 1 aliphatic carbocycles. The summed E-state index contributed by atoms with van der Waals surface area (Å²) < 4.78 is 38.3. The van der Waals surface area contributed by atoms with Crippen molar-refractivity contribution in [1.29, 1.82) is 0 Å². The summed E-state index contributed by atoms with van der Waals surface area (Å²) in [4.78, 5) is 37.9. The van der Waals surface area contributed by atoms with Crippen molar-refractivity contribution in [3.8, 4) is 11.3 Å². The molecule has 5 rings (SSSR count). The third-order valence-electron chi connectivity index (χ3n) is 5.32. The summed E-state index contributed by atoms with van der Waals surface area (Å²) in [7, 11) is 0. The quantitative estimate of drug-likeness (QED) is 0.586. The molecule has 0 saturated heterocycles. The van der Waals surface area contributed by atoms with E-state index in [9.17, 15) is 22.8 Å². The molecule has 2 amide bonds. The van der Waals surface area contributed by atoms with E-state index < -0.39 is 12.0 Å². The van der Waals surface area contributed by atoms with Crippen LogP contribution in [0.5, 0.6) is 0 Å². The van der Waals surface area contributed by atoms with Crippen LogP contribution in [0.1, 0.15) is 56.6 Å². The van der Waals surface area contributed by atoms with Crippen molar-refractivity contribution in [1.82, 2.24) is 19.9 Å². The number of aromatic nitrogens is 3. The van der Waals surface area contributed by atoms with Gasteiger partial charge in [0.1, 0.15) is 0 Å². The zero-order valence-corrected chi connectivity index (χ0v) is 16.1. The first-order valence-corrected chi connectivity index (χ1v) is 9.67. The van der Waals surface area contributed by atoms with Crippen LogP contribution in [0.15, 0.2) is 48.8 Å². The molecular formula is C22H15F3N4O2. The molecule has 2 aliphatic rings. The van der Waals surface area contributed by atoms with Crippen molar-refractivity contribution >= 4 is 11.8 Å². The fraction of sp³-hybridized carbons (Fsp3) is 0.227. The zero-order valence-electron chi connectivity index (χ0n) is 16.1. The predicted octanol–water partition coefficient (Wildman–Crippen LogP) is 4.23. The molecule has 2 aromatic heterocycles. The minimum absolute atomic E-state index is 0.0447. The number of imide groups is 1. The third-order valence-corrected chi connectivity index (χ3v) is 5.32. The van der Waals surface area contributed by atoms with Crippen LogP contribution in [0.4, 0.5) is 13.2 Å². The van der Waals surface area contributed by atoms with Crippen LogP contribution in [-0.4, -0.2) is 31.7 Å². The van der Waals surface area contributed by atoms with Crippen molar-refractivity contribution in [3.05, 3.63) is 77.0 Å². The Hall–Kier alpha value is -3.62. The Morgan fingerprint density at radius 1 is 0.968 bits per heavy atom. The molecule has 0 spiro atoms. The smallest absolute Gasteiger partial charge is 0.270 e. The standard InChI is InChI=1S/C22H15F3N4O2/c23-22(24,25)21-26-9-14(10-27-21)18-8-12(7-17(28-18)13-5-6-13)11-29-19(30)15-3-1-2-4-16(15)20(29)31/h1-4,7-10,13H,5-6,11H2. The highest BCUT2D eigenvalue weighted by atomic mass is 19.4. The largest absolute Gasteiger partial charge is 0.451 e. The number of rotatable bonds is 4. The molecule has 1 aliphatic heterocycles. The lowest BCUT2D eigenvalue weighted by Crippen LogP contribution is -2.29. The number of alkyl halides is 3. The average molecular weight is 424 g/mol. The fourth-order valence-electron chi connectivity index (χ4n) is 3.61. The van der Waals surface area contributed by atoms with Gasteiger partial charge < -0.3 is 0 Å². The molecule has 9 heteroatoms. The lowest BCUT2D eigenvalue weighted by atomic mass is 10.1. The van der Waals surface area contributed by atoms with Gasteiger partial charge in [-0.25, -0.2) is 9.97 Å². The Morgan fingerprint density at radius 2 is 1.58 bits per heavy atom. The highest BCUT2D eigenvalue weighted by molar-refractivity contribution is 6.21. The second-order valence-corrected chi connectivity index (χ2v) is 7.59. The summed E-state index contributed by atoms with van der Waals surface area (Å²) >= 11 is 0. The molecule has 1 fully saturated rings. The first-order valence-electron chi connectivity index (χ1n) is 9.67. The normalized spacial score (nSPS) is 16.0. The minimum Gasteiger partial charge on any atom is -0.270 e. The van der Waals surface area contributed by atoms with Crippen LogP contribution in [0.3, 0.4) is 0 Å². The third kappa shape index (κ3) is 3.56. The molecule has 1 saturated carbocycles. The lowest BCUT2D eigenvalue weighted by molar-refractivity contribution is -0.145. The average Bonchev–Trinajstić information content (AvgIpc) is 3.58. The van der Waals surface area contributed by atoms with E-state index in [1.165, 1.54) is 4.90 Å². The van der Waals surface area contributed by atoms with E-state index in [1.54, 1.807) is 30.3 Å². The number of carbonyl (C=O) groups is 2. The van der Waals surface area contributed by atoms with Crippen molar-refractivity contribution in [2.75, 3.05) is 0 Å². The van der Waals surface area contributed by atoms with Gasteiger partial charge in [-0.3, -0.25) is 19.5 Å². The van der Waals surface area contributed by atoms with Crippen molar-refractivity contribution < 1.29 is 22.8 Å². The fourth-order valence-corrected chi connectivity index (χ4v) is 3.61. The van der Waals surface area contributed by atoms with Crippen LogP contribution in [0, 0.1) is 0 Å². The lowest BCUT2D eigenvalue weighted by Gasteiger charge is -2.16. The number of hydrogen-bond donors (Lipinski definition) is 0. The maximum Gasteiger partial charge on any atom is 0.451 e. The maximum absolute atomic E-state index is 12.8. The van der Waals surface area contributed by atoms with Gasteiger partial charge in [-0.1, -0.05) is 12.1 Å². The molecule has 0 radical (unpaired) electrons. The first-order chi connectivity index (χ1) is 14.8. The molecule has 0 bridgehead atoms. The number of halogens is 3. The Kier molecular flexibility index (Phi) is 4.35. The highest BCUT2D eigenvalue weighted by Crippen LogP contribution is 2.40. The van der Waals surface area contributed by atoms with Gasteiger partial charge in [0.2, 0.25) is 5.82 Å². The van der Waals surface area contributed by atoms with Crippen LogP contribution in [0.25, 0.3) is 11.3 Å².